The van der Waals surface area contributed by atoms with Crippen LogP contribution < -0.4 is 10.6 Å². The van der Waals surface area contributed by atoms with E-state index in [1.807, 2.05) is 0 Å². The van der Waals surface area contributed by atoms with Crippen molar-refractivity contribution in [2.75, 3.05) is 25.1 Å². The Balaban J connectivity index is 2.34. The van der Waals surface area contributed by atoms with Crippen LogP contribution >= 0.6 is 0 Å². The summed E-state index contributed by atoms with van der Waals surface area (Å²) in [5.41, 5.74) is 6.22. The van der Waals surface area contributed by atoms with Gasteiger partial charge in [0, 0.05) is 19.2 Å². The van der Waals surface area contributed by atoms with Gasteiger partial charge in [-0.15, -0.1) is 0 Å². The summed E-state index contributed by atoms with van der Waals surface area (Å²) in [7, 11) is 1.29. The zero-order chi connectivity index (χ0) is 13.1. The lowest BCUT2D eigenvalue weighted by Gasteiger charge is -2.18. The number of carbonyl (C=O) groups excluding carboxylic acids is 2. The molecule has 18 heavy (non-hydrogen) atoms. The quantitative estimate of drug-likeness (QED) is 0.772. The van der Waals surface area contributed by atoms with Gasteiger partial charge in [-0.2, -0.15) is 0 Å². The van der Waals surface area contributed by atoms with E-state index in [-0.39, 0.29) is 17.5 Å². The molecule has 1 aromatic rings. The van der Waals surface area contributed by atoms with E-state index < -0.39 is 5.97 Å². The van der Waals surface area contributed by atoms with Crippen LogP contribution in [0.5, 0.6) is 0 Å². The van der Waals surface area contributed by atoms with Crippen LogP contribution in [0.25, 0.3) is 0 Å². The Morgan fingerprint density at radius 2 is 2.44 bits per heavy atom. The molecule has 6 nitrogen and oxygen atoms in total. The molecule has 1 fully saturated rings. The molecule has 1 aromatic heterocycles. The first kappa shape index (κ1) is 12.5. The predicted octanol–water partition coefficient (Wildman–Crippen LogP) is 0.180. The van der Waals surface area contributed by atoms with Crippen LogP contribution in [-0.4, -0.2) is 37.1 Å². The molecule has 0 spiro atoms. The Hall–Kier alpha value is -1.95. The fourth-order valence-corrected chi connectivity index (χ4v) is 2.04. The number of anilines is 1. The number of rotatable bonds is 3. The van der Waals surface area contributed by atoms with Crippen molar-refractivity contribution in [2.24, 2.45) is 11.7 Å². The second-order valence-corrected chi connectivity index (χ2v) is 4.17. The van der Waals surface area contributed by atoms with Gasteiger partial charge in [0.15, 0.2) is 5.69 Å². The van der Waals surface area contributed by atoms with E-state index in [4.69, 9.17) is 5.73 Å². The zero-order valence-electron chi connectivity index (χ0n) is 10.1. The van der Waals surface area contributed by atoms with Crippen LogP contribution in [-0.2, 0) is 9.53 Å². The fourth-order valence-electron chi connectivity index (χ4n) is 2.04. The molecule has 2 N–H and O–H groups in total. The third kappa shape index (κ3) is 2.19. The summed E-state index contributed by atoms with van der Waals surface area (Å²) in [6.45, 7) is 0.973. The van der Waals surface area contributed by atoms with E-state index in [1.165, 1.54) is 13.3 Å². The number of nitrogens with two attached hydrogens (primary N) is 1. The molecule has 1 saturated heterocycles. The maximum absolute atomic E-state index is 11.9. The Bertz CT molecular complexity index is 475. The molecule has 1 aliphatic heterocycles. The molecule has 0 bridgehead atoms. The van der Waals surface area contributed by atoms with E-state index in [0.29, 0.717) is 25.2 Å². The number of hydrogen-bond acceptors (Lipinski definition) is 5. The van der Waals surface area contributed by atoms with Crippen LogP contribution in [0.4, 0.5) is 5.69 Å². The SMILES string of the molecule is COC(=O)c1ncccc1N1CC(CN)CC1=O. The first-order chi connectivity index (χ1) is 8.67. The molecule has 1 amide bonds. The maximum atomic E-state index is 11.9. The Kier molecular flexibility index (Phi) is 3.57. The monoisotopic (exact) mass is 249 g/mol. The predicted molar refractivity (Wildman–Crippen MR) is 65.1 cm³/mol. The topological polar surface area (TPSA) is 85.5 Å². The van der Waals surface area contributed by atoms with Crippen molar-refractivity contribution >= 4 is 17.6 Å². The van der Waals surface area contributed by atoms with Crippen molar-refractivity contribution < 1.29 is 14.3 Å². The smallest absolute Gasteiger partial charge is 0.358 e. The first-order valence-corrected chi connectivity index (χ1v) is 5.71. The molecular formula is C12H15N3O3. The van der Waals surface area contributed by atoms with E-state index in [2.05, 4.69) is 9.72 Å². The minimum atomic E-state index is -0.547. The highest BCUT2D eigenvalue weighted by Crippen LogP contribution is 2.26. The molecule has 0 saturated carbocycles. The summed E-state index contributed by atoms with van der Waals surface area (Å²) in [6.07, 6.45) is 1.91. The van der Waals surface area contributed by atoms with Crippen molar-refractivity contribution in [3.63, 3.8) is 0 Å². The Morgan fingerprint density at radius 1 is 1.67 bits per heavy atom. The average molecular weight is 249 g/mol. The third-order valence-electron chi connectivity index (χ3n) is 2.99. The minimum Gasteiger partial charge on any atom is -0.464 e. The van der Waals surface area contributed by atoms with Gasteiger partial charge in [0.1, 0.15) is 0 Å². The van der Waals surface area contributed by atoms with Gasteiger partial charge in [-0.05, 0) is 24.6 Å². The fraction of sp³-hybridized carbons (Fsp3) is 0.417. The Labute approximate surface area is 105 Å². The lowest BCUT2D eigenvalue weighted by Crippen LogP contribution is -2.28. The van der Waals surface area contributed by atoms with Gasteiger partial charge in [0.05, 0.1) is 12.8 Å². The lowest BCUT2D eigenvalue weighted by molar-refractivity contribution is -0.117. The number of aromatic nitrogens is 1. The molecule has 96 valence electrons. The van der Waals surface area contributed by atoms with Crippen molar-refractivity contribution in [1.29, 1.82) is 0 Å². The summed E-state index contributed by atoms with van der Waals surface area (Å²) in [6, 6.07) is 3.38. The van der Waals surface area contributed by atoms with E-state index in [9.17, 15) is 9.59 Å². The molecular weight excluding hydrogens is 234 g/mol. The van der Waals surface area contributed by atoms with Gasteiger partial charge in [0.25, 0.3) is 0 Å². The number of amides is 1. The first-order valence-electron chi connectivity index (χ1n) is 5.71. The van der Waals surface area contributed by atoms with Gasteiger partial charge in [-0.25, -0.2) is 9.78 Å². The highest BCUT2D eigenvalue weighted by molar-refractivity contribution is 6.02. The van der Waals surface area contributed by atoms with Gasteiger partial charge >= 0.3 is 5.97 Å². The van der Waals surface area contributed by atoms with Gasteiger partial charge in [-0.1, -0.05) is 0 Å². The number of methoxy groups -OCH3 is 1. The van der Waals surface area contributed by atoms with E-state index in [0.717, 1.165) is 0 Å². The molecule has 1 aliphatic rings. The molecule has 2 rings (SSSR count). The normalized spacial score (nSPS) is 19.1. The molecule has 0 aromatic carbocycles. The number of hydrogen-bond donors (Lipinski definition) is 1. The van der Waals surface area contributed by atoms with Crippen molar-refractivity contribution in [3.05, 3.63) is 24.0 Å². The molecule has 1 atom stereocenters. The van der Waals surface area contributed by atoms with Crippen molar-refractivity contribution in [3.8, 4) is 0 Å². The van der Waals surface area contributed by atoms with Crippen LogP contribution in [0.3, 0.4) is 0 Å². The largest absolute Gasteiger partial charge is 0.464 e. The number of esters is 1. The molecule has 2 heterocycles. The third-order valence-corrected chi connectivity index (χ3v) is 2.99. The lowest BCUT2D eigenvalue weighted by atomic mass is 10.1. The summed E-state index contributed by atoms with van der Waals surface area (Å²) < 4.78 is 4.66. The zero-order valence-corrected chi connectivity index (χ0v) is 10.1. The standard InChI is InChI=1S/C12H15N3O3/c1-18-12(17)11-9(3-2-4-14-11)15-7-8(6-13)5-10(15)16/h2-4,8H,5-7,13H2,1H3. The number of pyridine rings is 1. The highest BCUT2D eigenvalue weighted by Gasteiger charge is 2.32. The van der Waals surface area contributed by atoms with Crippen molar-refractivity contribution in [2.45, 2.75) is 6.42 Å². The minimum absolute atomic E-state index is 0.0383. The average Bonchev–Trinajstić information content (AvgIpc) is 2.79. The summed E-state index contributed by atoms with van der Waals surface area (Å²) in [5.74, 6) is -0.457. The second kappa shape index (κ2) is 5.14. The van der Waals surface area contributed by atoms with E-state index >= 15 is 0 Å². The number of ether oxygens (including phenoxy) is 1. The summed E-state index contributed by atoms with van der Waals surface area (Å²) >= 11 is 0. The second-order valence-electron chi connectivity index (χ2n) is 4.17. The molecule has 0 aliphatic carbocycles. The van der Waals surface area contributed by atoms with Crippen LogP contribution in [0.2, 0.25) is 0 Å². The molecule has 1 unspecified atom stereocenters. The van der Waals surface area contributed by atoms with E-state index in [1.54, 1.807) is 17.0 Å². The molecule has 0 radical (unpaired) electrons. The van der Waals surface area contributed by atoms with Gasteiger partial charge in [0.2, 0.25) is 5.91 Å². The van der Waals surface area contributed by atoms with Gasteiger partial charge < -0.3 is 15.4 Å². The molecule has 6 heteroatoms. The van der Waals surface area contributed by atoms with Crippen molar-refractivity contribution in [1.82, 2.24) is 4.98 Å². The summed E-state index contributed by atoms with van der Waals surface area (Å²) in [5, 5.41) is 0. The number of carbonyl (C=O) groups is 2. The van der Waals surface area contributed by atoms with Gasteiger partial charge in [-0.3, -0.25) is 4.79 Å². The van der Waals surface area contributed by atoms with Crippen LogP contribution in [0.1, 0.15) is 16.9 Å². The van der Waals surface area contributed by atoms with Crippen LogP contribution in [0, 0.1) is 5.92 Å². The highest BCUT2D eigenvalue weighted by atomic mass is 16.5. The Morgan fingerprint density at radius 3 is 3.06 bits per heavy atom. The van der Waals surface area contributed by atoms with Crippen LogP contribution in [0.15, 0.2) is 18.3 Å². The summed E-state index contributed by atoms with van der Waals surface area (Å²) in [4.78, 5) is 29.0. The maximum Gasteiger partial charge on any atom is 0.358 e. The number of nitrogens with zero attached hydrogens (tertiary/aromatic N) is 2.